The molecule has 0 amide bonds. The quantitative estimate of drug-likeness (QED) is 0.630. The molecule has 12 heteroatoms. The number of anilines is 3. The number of halogens is 3. The van der Waals surface area contributed by atoms with Crippen molar-refractivity contribution in [2.24, 2.45) is 5.92 Å². The van der Waals surface area contributed by atoms with E-state index in [-0.39, 0.29) is 25.9 Å². The summed E-state index contributed by atoms with van der Waals surface area (Å²) in [5.41, 5.74) is 7.41. The van der Waals surface area contributed by atoms with Gasteiger partial charge >= 0.3 is 6.18 Å². The van der Waals surface area contributed by atoms with Crippen LogP contribution < -0.4 is 15.5 Å². The van der Waals surface area contributed by atoms with Crippen molar-refractivity contribution < 1.29 is 17.9 Å². The molecule has 5 rings (SSSR count). The number of hydrogen-bond donors (Lipinski definition) is 1. The van der Waals surface area contributed by atoms with Crippen LogP contribution in [0.25, 0.3) is 21.6 Å². The average Bonchev–Trinajstić information content (AvgIpc) is 3.18. The van der Waals surface area contributed by atoms with E-state index in [1.165, 1.54) is 11.3 Å². The Hall–Kier alpha value is -2.73. The zero-order valence-electron chi connectivity index (χ0n) is 17.2. The normalized spacial score (nSPS) is 18.5. The highest BCUT2D eigenvalue weighted by Crippen LogP contribution is 2.35. The Morgan fingerprint density at radius 3 is 2.25 bits per heavy atom. The number of hydrogen-bond acceptors (Lipinski definition) is 9. The summed E-state index contributed by atoms with van der Waals surface area (Å²) in [5.74, 6) is 0.109. The number of fused-ring (bicyclic) bond motifs is 1. The van der Waals surface area contributed by atoms with E-state index in [1.54, 1.807) is 0 Å². The van der Waals surface area contributed by atoms with Crippen molar-refractivity contribution in [2.75, 3.05) is 54.9 Å². The molecular weight excluding hydrogens is 443 g/mol. The summed E-state index contributed by atoms with van der Waals surface area (Å²) in [6, 6.07) is 5.67. The number of nitrogens with zero attached hydrogens (tertiary/aromatic N) is 6. The van der Waals surface area contributed by atoms with Crippen LogP contribution in [-0.4, -0.2) is 65.5 Å². The van der Waals surface area contributed by atoms with E-state index in [4.69, 9.17) is 10.5 Å². The topological polar surface area (TPSA) is 93.3 Å². The maximum absolute atomic E-state index is 13.1. The molecule has 1 aromatic carbocycles. The molecule has 2 aromatic heterocycles. The summed E-state index contributed by atoms with van der Waals surface area (Å²) >= 11 is 1.38. The van der Waals surface area contributed by atoms with Crippen molar-refractivity contribution in [3.8, 4) is 11.4 Å². The molecule has 2 aliphatic heterocycles. The number of ether oxygens (including phenoxy) is 1. The third-order valence-electron chi connectivity index (χ3n) is 5.81. The molecule has 0 bridgehead atoms. The molecular formula is C20H22F3N7OS. The number of thiazole rings is 1. The fraction of sp³-hybridized carbons (Fsp3) is 0.500. The highest BCUT2D eigenvalue weighted by atomic mass is 32.1. The molecule has 32 heavy (non-hydrogen) atoms. The molecule has 8 nitrogen and oxygen atoms in total. The first-order chi connectivity index (χ1) is 15.4. The number of aromatic nitrogens is 4. The maximum atomic E-state index is 13.1. The van der Waals surface area contributed by atoms with Crippen LogP contribution >= 0.6 is 11.3 Å². The predicted molar refractivity (Wildman–Crippen MR) is 117 cm³/mol. The summed E-state index contributed by atoms with van der Waals surface area (Å²) in [4.78, 5) is 22.1. The summed E-state index contributed by atoms with van der Waals surface area (Å²) in [5, 5.41) is 0.482. The minimum Gasteiger partial charge on any atom is -0.378 e. The van der Waals surface area contributed by atoms with Crippen LogP contribution in [0.15, 0.2) is 18.2 Å². The monoisotopic (exact) mass is 465 g/mol. The minimum atomic E-state index is -4.17. The van der Waals surface area contributed by atoms with E-state index >= 15 is 0 Å². The lowest BCUT2D eigenvalue weighted by atomic mass is 9.96. The zero-order chi connectivity index (χ0) is 22.3. The van der Waals surface area contributed by atoms with Crippen LogP contribution in [0.4, 0.5) is 30.2 Å². The van der Waals surface area contributed by atoms with Crippen LogP contribution in [0.5, 0.6) is 0 Å². The minimum absolute atomic E-state index is 0.0313. The summed E-state index contributed by atoms with van der Waals surface area (Å²) in [6.45, 7) is 2.92. The number of rotatable bonds is 3. The second-order valence-electron chi connectivity index (χ2n) is 7.90. The molecule has 2 aliphatic rings. The summed E-state index contributed by atoms with van der Waals surface area (Å²) in [7, 11) is 0. The van der Waals surface area contributed by atoms with Gasteiger partial charge in [0, 0.05) is 31.7 Å². The van der Waals surface area contributed by atoms with Crippen molar-refractivity contribution in [2.45, 2.75) is 19.0 Å². The molecule has 0 radical (unpaired) electrons. The zero-order valence-corrected chi connectivity index (χ0v) is 18.0. The number of benzene rings is 1. The second kappa shape index (κ2) is 8.32. The Kier molecular flexibility index (Phi) is 5.49. The predicted octanol–water partition coefficient (Wildman–Crippen LogP) is 3.35. The van der Waals surface area contributed by atoms with Crippen molar-refractivity contribution >= 4 is 38.6 Å². The first-order valence-electron chi connectivity index (χ1n) is 10.4. The highest BCUT2D eigenvalue weighted by molar-refractivity contribution is 7.22. The van der Waals surface area contributed by atoms with Crippen LogP contribution in [0.2, 0.25) is 0 Å². The molecule has 0 saturated carbocycles. The fourth-order valence-corrected chi connectivity index (χ4v) is 4.79. The van der Waals surface area contributed by atoms with Crippen molar-refractivity contribution in [1.82, 2.24) is 19.9 Å². The highest BCUT2D eigenvalue weighted by Gasteiger charge is 2.41. The van der Waals surface area contributed by atoms with Gasteiger partial charge in [-0.25, -0.2) is 4.98 Å². The third kappa shape index (κ3) is 4.29. The number of morpholine rings is 1. The van der Waals surface area contributed by atoms with E-state index in [1.807, 2.05) is 28.0 Å². The van der Waals surface area contributed by atoms with Crippen LogP contribution in [0.1, 0.15) is 12.8 Å². The average molecular weight is 466 g/mol. The van der Waals surface area contributed by atoms with Gasteiger partial charge in [-0.05, 0) is 31.0 Å². The molecule has 0 unspecified atom stereocenters. The molecule has 0 aliphatic carbocycles. The number of nitrogens with two attached hydrogens (primary N) is 1. The number of nitrogen functional groups attached to an aromatic ring is 1. The molecule has 170 valence electrons. The molecule has 2 saturated heterocycles. The standard InChI is InChI=1S/C20H22F3N7OS/c21-20(22,23)13-3-5-29(6-4-13)18-26-16(27-19(28-18)30-7-9-31-10-8-30)12-1-2-14-15(11-12)32-17(24)25-14/h1-2,11,13H,3-10H2,(H2,24,25). The Morgan fingerprint density at radius 1 is 0.938 bits per heavy atom. The van der Waals surface area contributed by atoms with E-state index < -0.39 is 12.1 Å². The first-order valence-corrected chi connectivity index (χ1v) is 11.3. The van der Waals surface area contributed by atoms with Gasteiger partial charge in [0.1, 0.15) is 0 Å². The van der Waals surface area contributed by atoms with E-state index in [2.05, 4.69) is 19.9 Å². The molecule has 0 spiro atoms. The summed E-state index contributed by atoms with van der Waals surface area (Å²) < 4.78 is 45.7. The van der Waals surface area contributed by atoms with Gasteiger partial charge in [-0.3, -0.25) is 0 Å². The van der Waals surface area contributed by atoms with Crippen molar-refractivity contribution in [3.63, 3.8) is 0 Å². The largest absolute Gasteiger partial charge is 0.391 e. The Bertz CT molecular complexity index is 1110. The van der Waals surface area contributed by atoms with Crippen molar-refractivity contribution in [3.05, 3.63) is 18.2 Å². The fourth-order valence-electron chi connectivity index (χ4n) is 4.02. The van der Waals surface area contributed by atoms with Crippen LogP contribution in [-0.2, 0) is 4.74 Å². The smallest absolute Gasteiger partial charge is 0.378 e. The lowest BCUT2D eigenvalue weighted by molar-refractivity contribution is -0.179. The maximum Gasteiger partial charge on any atom is 0.391 e. The van der Waals surface area contributed by atoms with Crippen molar-refractivity contribution in [1.29, 1.82) is 0 Å². The van der Waals surface area contributed by atoms with Gasteiger partial charge in [0.05, 0.1) is 29.3 Å². The van der Waals surface area contributed by atoms with Gasteiger partial charge in [-0.1, -0.05) is 11.3 Å². The van der Waals surface area contributed by atoms with E-state index in [0.717, 1.165) is 15.8 Å². The lowest BCUT2D eigenvalue weighted by Gasteiger charge is -2.33. The van der Waals surface area contributed by atoms with Gasteiger partial charge in [0.25, 0.3) is 0 Å². The summed E-state index contributed by atoms with van der Waals surface area (Å²) in [6.07, 6.45) is -4.10. The van der Waals surface area contributed by atoms with Crippen LogP contribution in [0.3, 0.4) is 0 Å². The van der Waals surface area contributed by atoms with Gasteiger partial charge in [-0.2, -0.15) is 28.1 Å². The molecule has 2 fully saturated rings. The lowest BCUT2D eigenvalue weighted by Crippen LogP contribution is -2.41. The Labute approximate surface area is 186 Å². The van der Waals surface area contributed by atoms with Gasteiger partial charge in [-0.15, -0.1) is 0 Å². The van der Waals surface area contributed by atoms with E-state index in [0.29, 0.717) is 49.2 Å². The van der Waals surface area contributed by atoms with Gasteiger partial charge in [0.15, 0.2) is 11.0 Å². The SMILES string of the molecule is Nc1nc2ccc(-c3nc(N4CCOCC4)nc(N4CCC(C(F)(F)F)CC4)n3)cc2s1. The molecule has 4 heterocycles. The molecule has 3 aromatic rings. The number of piperidine rings is 1. The van der Waals surface area contributed by atoms with Gasteiger partial charge in [0.2, 0.25) is 11.9 Å². The third-order valence-corrected chi connectivity index (χ3v) is 6.66. The van der Waals surface area contributed by atoms with E-state index in [9.17, 15) is 13.2 Å². The molecule has 0 atom stereocenters. The number of alkyl halides is 3. The Balaban J connectivity index is 1.50. The first kappa shape index (κ1) is 21.1. The molecule has 2 N–H and O–H groups in total. The Morgan fingerprint density at radius 2 is 1.59 bits per heavy atom. The second-order valence-corrected chi connectivity index (χ2v) is 8.96. The van der Waals surface area contributed by atoms with Gasteiger partial charge < -0.3 is 20.3 Å². The van der Waals surface area contributed by atoms with Crippen LogP contribution in [0, 0.1) is 5.92 Å².